The van der Waals surface area contributed by atoms with Gasteiger partial charge in [0.15, 0.2) is 17.5 Å². The summed E-state index contributed by atoms with van der Waals surface area (Å²) in [5.74, 6) is 3.30. The second-order valence-corrected chi connectivity index (χ2v) is 8.48. The van der Waals surface area contributed by atoms with E-state index in [1.165, 1.54) is 12.8 Å². The molecule has 2 aliphatic rings. The van der Waals surface area contributed by atoms with Crippen LogP contribution >= 0.6 is 0 Å². The van der Waals surface area contributed by atoms with Gasteiger partial charge in [-0.2, -0.15) is 0 Å². The van der Waals surface area contributed by atoms with Crippen molar-refractivity contribution in [3.05, 3.63) is 60.6 Å². The number of aromatic nitrogens is 7. The van der Waals surface area contributed by atoms with E-state index in [-0.39, 0.29) is 6.04 Å². The Hall–Kier alpha value is -3.68. The van der Waals surface area contributed by atoms with E-state index in [1.54, 1.807) is 12.4 Å². The third-order valence-electron chi connectivity index (χ3n) is 6.55. The van der Waals surface area contributed by atoms with Crippen LogP contribution in [0.2, 0.25) is 0 Å². The average Bonchev–Trinajstić information content (AvgIpc) is 3.50. The first-order chi connectivity index (χ1) is 15.7. The van der Waals surface area contributed by atoms with Crippen molar-refractivity contribution in [2.24, 2.45) is 0 Å². The van der Waals surface area contributed by atoms with Crippen molar-refractivity contribution in [3.8, 4) is 28.5 Å². The van der Waals surface area contributed by atoms with Crippen LogP contribution in [0.5, 0.6) is 0 Å². The summed E-state index contributed by atoms with van der Waals surface area (Å²) in [6.45, 7) is 4.17. The zero-order chi connectivity index (χ0) is 21.7. The number of fused-ring (bicyclic) bond motifs is 3. The standard InChI is InChI=1S/C24H24N8/c1-15-23-30-29-16(2)32(23)19-14-27-22(28-24(19)31(15)18-10-6-7-11-18)21-20(25-12-13-26-21)17-8-4-3-5-9-17/h3-5,8-9,12-15,18H,6-7,10-11H2,1-2H3/t15-/m1/s1. The summed E-state index contributed by atoms with van der Waals surface area (Å²) >= 11 is 0. The third kappa shape index (κ3) is 2.90. The number of benzene rings is 1. The molecular weight excluding hydrogens is 400 g/mol. The van der Waals surface area contributed by atoms with Crippen LogP contribution in [0.15, 0.2) is 48.9 Å². The van der Waals surface area contributed by atoms with Crippen LogP contribution in [0.3, 0.4) is 0 Å². The zero-order valence-electron chi connectivity index (χ0n) is 18.2. The van der Waals surface area contributed by atoms with Crippen LogP contribution < -0.4 is 4.90 Å². The molecule has 1 aliphatic carbocycles. The van der Waals surface area contributed by atoms with Crippen LogP contribution in [0.1, 0.15) is 50.3 Å². The van der Waals surface area contributed by atoms with Gasteiger partial charge in [-0.15, -0.1) is 10.2 Å². The summed E-state index contributed by atoms with van der Waals surface area (Å²) in [7, 11) is 0. The molecule has 8 heteroatoms. The topological polar surface area (TPSA) is 85.5 Å². The highest BCUT2D eigenvalue weighted by molar-refractivity contribution is 5.76. The lowest BCUT2D eigenvalue weighted by molar-refractivity contribution is 0.501. The molecule has 4 heterocycles. The number of hydrogen-bond donors (Lipinski definition) is 0. The van der Waals surface area contributed by atoms with Crippen molar-refractivity contribution in [1.29, 1.82) is 0 Å². The third-order valence-corrected chi connectivity index (χ3v) is 6.55. The Morgan fingerprint density at radius 2 is 1.66 bits per heavy atom. The van der Waals surface area contributed by atoms with Gasteiger partial charge in [-0.3, -0.25) is 9.55 Å². The Balaban J connectivity index is 1.54. The van der Waals surface area contributed by atoms with E-state index < -0.39 is 0 Å². The van der Waals surface area contributed by atoms with Crippen LogP contribution in [-0.2, 0) is 0 Å². The van der Waals surface area contributed by atoms with Crippen molar-refractivity contribution in [2.75, 3.05) is 4.90 Å². The van der Waals surface area contributed by atoms with Crippen molar-refractivity contribution in [3.63, 3.8) is 0 Å². The largest absolute Gasteiger partial charge is 0.342 e. The summed E-state index contributed by atoms with van der Waals surface area (Å²) in [4.78, 5) is 21.5. The Morgan fingerprint density at radius 1 is 0.906 bits per heavy atom. The lowest BCUT2D eigenvalue weighted by Gasteiger charge is -2.39. The number of aryl methyl sites for hydroxylation is 1. The van der Waals surface area contributed by atoms with Gasteiger partial charge in [-0.1, -0.05) is 43.2 Å². The van der Waals surface area contributed by atoms with E-state index in [0.717, 1.165) is 47.3 Å². The highest BCUT2D eigenvalue weighted by atomic mass is 15.4. The van der Waals surface area contributed by atoms with Gasteiger partial charge in [0.2, 0.25) is 0 Å². The van der Waals surface area contributed by atoms with E-state index >= 15 is 0 Å². The van der Waals surface area contributed by atoms with Crippen LogP contribution in [0.4, 0.5) is 5.82 Å². The SMILES string of the molecule is Cc1nnc2n1-c1cnc(-c3nccnc3-c3ccccc3)nc1N(C1CCCC1)[C@@H]2C. The lowest BCUT2D eigenvalue weighted by Crippen LogP contribution is -2.41. The van der Waals surface area contributed by atoms with E-state index in [9.17, 15) is 0 Å². The Morgan fingerprint density at radius 3 is 2.44 bits per heavy atom. The molecule has 6 rings (SSSR count). The first-order valence-electron chi connectivity index (χ1n) is 11.2. The molecule has 0 unspecified atom stereocenters. The summed E-state index contributed by atoms with van der Waals surface area (Å²) in [5, 5.41) is 8.84. The molecule has 3 aromatic heterocycles. The summed E-state index contributed by atoms with van der Waals surface area (Å²) in [6, 6.07) is 10.6. The maximum absolute atomic E-state index is 5.10. The fraction of sp³-hybridized carbons (Fsp3) is 0.333. The normalized spacial score (nSPS) is 17.9. The first-order valence-corrected chi connectivity index (χ1v) is 11.2. The van der Waals surface area contributed by atoms with E-state index in [2.05, 4.69) is 36.6 Å². The predicted octanol–water partition coefficient (Wildman–Crippen LogP) is 4.31. The Bertz CT molecular complexity index is 1280. The molecule has 0 spiro atoms. The van der Waals surface area contributed by atoms with E-state index in [0.29, 0.717) is 17.6 Å². The number of hydrogen-bond acceptors (Lipinski definition) is 7. The summed E-state index contributed by atoms with van der Waals surface area (Å²) < 4.78 is 2.09. The molecule has 1 fully saturated rings. The second-order valence-electron chi connectivity index (χ2n) is 8.48. The van der Waals surface area contributed by atoms with Gasteiger partial charge in [0, 0.05) is 24.0 Å². The van der Waals surface area contributed by atoms with Gasteiger partial charge < -0.3 is 4.90 Å². The number of rotatable bonds is 3. The minimum Gasteiger partial charge on any atom is -0.342 e. The van der Waals surface area contributed by atoms with Crippen LogP contribution in [-0.4, -0.2) is 40.7 Å². The van der Waals surface area contributed by atoms with Crippen LogP contribution in [0.25, 0.3) is 28.5 Å². The molecule has 0 amide bonds. The molecule has 0 radical (unpaired) electrons. The highest BCUT2D eigenvalue weighted by Gasteiger charge is 2.38. The molecule has 1 saturated carbocycles. The molecule has 0 saturated heterocycles. The summed E-state index contributed by atoms with van der Waals surface area (Å²) in [6.07, 6.45) is 10.1. The number of anilines is 1. The molecule has 8 nitrogen and oxygen atoms in total. The molecule has 1 aliphatic heterocycles. The van der Waals surface area contributed by atoms with Gasteiger partial charge in [0.05, 0.1) is 17.9 Å². The highest BCUT2D eigenvalue weighted by Crippen LogP contribution is 2.42. The molecule has 160 valence electrons. The molecule has 1 atom stereocenters. The minimum absolute atomic E-state index is 0.0880. The predicted molar refractivity (Wildman–Crippen MR) is 121 cm³/mol. The fourth-order valence-corrected chi connectivity index (χ4v) is 5.06. The average molecular weight is 425 g/mol. The zero-order valence-corrected chi connectivity index (χ0v) is 18.2. The minimum atomic E-state index is 0.0880. The maximum atomic E-state index is 5.10. The molecule has 1 aromatic carbocycles. The van der Waals surface area contributed by atoms with Gasteiger partial charge >= 0.3 is 0 Å². The molecule has 0 bridgehead atoms. The first kappa shape index (κ1) is 19.0. The molecule has 32 heavy (non-hydrogen) atoms. The second kappa shape index (κ2) is 7.47. The smallest absolute Gasteiger partial charge is 0.182 e. The van der Waals surface area contributed by atoms with E-state index in [4.69, 9.17) is 9.97 Å². The van der Waals surface area contributed by atoms with Gasteiger partial charge in [0.25, 0.3) is 0 Å². The van der Waals surface area contributed by atoms with Gasteiger partial charge in [-0.05, 0) is 26.7 Å². The van der Waals surface area contributed by atoms with Gasteiger partial charge in [-0.25, -0.2) is 15.0 Å². The van der Waals surface area contributed by atoms with Crippen molar-refractivity contribution in [2.45, 2.75) is 51.6 Å². The molecular formula is C24H24N8. The lowest BCUT2D eigenvalue weighted by atomic mass is 10.1. The van der Waals surface area contributed by atoms with Crippen LogP contribution in [0, 0.1) is 6.92 Å². The Kier molecular flexibility index (Phi) is 4.45. The Labute approximate surface area is 186 Å². The molecule has 0 N–H and O–H groups in total. The number of nitrogens with zero attached hydrogens (tertiary/aromatic N) is 8. The van der Waals surface area contributed by atoms with Crippen molar-refractivity contribution >= 4 is 5.82 Å². The maximum Gasteiger partial charge on any atom is 0.182 e. The summed E-state index contributed by atoms with van der Waals surface area (Å²) in [5.41, 5.74) is 3.40. The quantitative estimate of drug-likeness (QED) is 0.484. The van der Waals surface area contributed by atoms with E-state index in [1.807, 2.05) is 43.5 Å². The monoisotopic (exact) mass is 424 g/mol. The molecule has 4 aromatic rings. The van der Waals surface area contributed by atoms with Gasteiger partial charge in [0.1, 0.15) is 17.2 Å². The fourth-order valence-electron chi connectivity index (χ4n) is 5.06. The van der Waals surface area contributed by atoms with Crippen molar-refractivity contribution < 1.29 is 0 Å². The van der Waals surface area contributed by atoms with Crippen molar-refractivity contribution in [1.82, 2.24) is 34.7 Å².